The van der Waals surface area contributed by atoms with Gasteiger partial charge in [-0.2, -0.15) is 0 Å². The van der Waals surface area contributed by atoms with Gasteiger partial charge in [0.25, 0.3) is 5.56 Å². The summed E-state index contributed by atoms with van der Waals surface area (Å²) in [7, 11) is 0. The number of H-pyrrole nitrogens is 1. The van der Waals surface area contributed by atoms with Gasteiger partial charge in [-0.1, -0.05) is 44.4 Å². The Labute approximate surface area is 183 Å². The van der Waals surface area contributed by atoms with E-state index in [1.165, 1.54) is 19.2 Å². The Hall–Kier alpha value is -3.55. The Balaban J connectivity index is 1.61. The number of imidazole rings is 1. The maximum Gasteiger partial charge on any atom is 0.277 e. The Morgan fingerprint density at radius 2 is 1.94 bits per heavy atom. The quantitative estimate of drug-likeness (QED) is 0.370. The van der Waals surface area contributed by atoms with Gasteiger partial charge in [0.05, 0.1) is 25.0 Å². The van der Waals surface area contributed by atoms with Crippen LogP contribution in [0, 0.1) is 11.6 Å². The number of rotatable bonds is 9. The van der Waals surface area contributed by atoms with Gasteiger partial charge in [-0.3, -0.25) is 4.79 Å². The van der Waals surface area contributed by atoms with Gasteiger partial charge in [-0.15, -0.1) is 0 Å². The summed E-state index contributed by atoms with van der Waals surface area (Å²) in [6, 6.07) is 10.6. The fourth-order valence-electron chi connectivity index (χ4n) is 3.58. The highest BCUT2D eigenvalue weighted by Crippen LogP contribution is 2.23. The molecule has 0 aliphatic carbocycles. The van der Waals surface area contributed by atoms with E-state index < -0.39 is 17.2 Å². The summed E-state index contributed by atoms with van der Waals surface area (Å²) in [5, 5.41) is 0. The number of unbranched alkanes of at least 4 members (excludes halogenated alkanes) is 3. The third-order valence-electron chi connectivity index (χ3n) is 5.24. The van der Waals surface area contributed by atoms with Crippen LogP contribution in [0.1, 0.15) is 38.2 Å². The number of para-hydroxylation sites is 1. The third-order valence-corrected chi connectivity index (χ3v) is 5.24. The van der Waals surface area contributed by atoms with Gasteiger partial charge in [-0.25, -0.2) is 18.7 Å². The molecule has 0 atom stereocenters. The minimum atomic E-state index is -0.682. The number of halogens is 2. The molecule has 32 heavy (non-hydrogen) atoms. The number of benzene rings is 2. The lowest BCUT2D eigenvalue weighted by Crippen LogP contribution is -2.14. The second kappa shape index (κ2) is 9.72. The lowest BCUT2D eigenvalue weighted by Gasteiger charge is -2.12. The molecule has 8 heteroatoms. The number of ether oxygens (including phenoxy) is 1. The van der Waals surface area contributed by atoms with Crippen LogP contribution in [0.2, 0.25) is 0 Å². The van der Waals surface area contributed by atoms with E-state index in [1.54, 1.807) is 4.57 Å². The number of aromatic amines is 1. The van der Waals surface area contributed by atoms with Gasteiger partial charge in [0.1, 0.15) is 23.2 Å². The summed E-state index contributed by atoms with van der Waals surface area (Å²) in [4.78, 5) is 23.8. The molecule has 0 amide bonds. The number of fused-ring (bicyclic) bond motifs is 1. The van der Waals surface area contributed by atoms with Crippen LogP contribution in [0.25, 0.3) is 22.6 Å². The Morgan fingerprint density at radius 3 is 2.78 bits per heavy atom. The summed E-state index contributed by atoms with van der Waals surface area (Å²) < 4.78 is 35.3. The monoisotopic (exact) mass is 438 g/mol. The fraction of sp³-hybridized carbons (Fsp3) is 0.292. The highest BCUT2D eigenvalue weighted by molar-refractivity contribution is 5.73. The standard InChI is InChI=1S/C24H24F2N4O2/c1-2-3-4-7-12-32-20-9-6-5-8-16(20)14-30-15-27-23-21(30)24(31)29-22(28-23)18-13-17(25)10-11-19(18)26/h5-6,8-11,13,15H,2-4,7,12,14H2,1H3,(H,28,29,31). The molecule has 4 rings (SSSR count). The molecule has 2 heterocycles. The number of hydrogen-bond acceptors (Lipinski definition) is 4. The second-order valence-electron chi connectivity index (χ2n) is 7.60. The van der Waals surface area contributed by atoms with Crippen molar-refractivity contribution in [3.05, 3.63) is 76.3 Å². The molecule has 0 aliphatic heterocycles. The van der Waals surface area contributed by atoms with Crippen molar-refractivity contribution in [1.82, 2.24) is 19.5 Å². The van der Waals surface area contributed by atoms with Crippen molar-refractivity contribution in [1.29, 1.82) is 0 Å². The first kappa shape index (κ1) is 21.7. The van der Waals surface area contributed by atoms with Crippen molar-refractivity contribution in [3.63, 3.8) is 0 Å². The predicted octanol–water partition coefficient (Wildman–Crippen LogP) is 5.07. The van der Waals surface area contributed by atoms with E-state index in [1.807, 2.05) is 24.3 Å². The maximum atomic E-state index is 14.1. The van der Waals surface area contributed by atoms with Crippen LogP contribution in [0.4, 0.5) is 8.78 Å². The first-order valence-electron chi connectivity index (χ1n) is 10.7. The van der Waals surface area contributed by atoms with Crippen molar-refractivity contribution in [2.45, 2.75) is 39.2 Å². The molecule has 0 spiro atoms. The van der Waals surface area contributed by atoms with Gasteiger partial charge in [0, 0.05) is 5.56 Å². The zero-order valence-corrected chi connectivity index (χ0v) is 17.8. The van der Waals surface area contributed by atoms with Crippen LogP contribution in [0.3, 0.4) is 0 Å². The summed E-state index contributed by atoms with van der Waals surface area (Å²) >= 11 is 0. The summed E-state index contributed by atoms with van der Waals surface area (Å²) in [6.07, 6.45) is 5.97. The van der Waals surface area contributed by atoms with Crippen LogP contribution >= 0.6 is 0 Å². The van der Waals surface area contributed by atoms with Crippen LogP contribution < -0.4 is 10.3 Å². The van der Waals surface area contributed by atoms with Crippen molar-refractivity contribution in [3.8, 4) is 17.1 Å². The average Bonchev–Trinajstić information content (AvgIpc) is 3.19. The largest absolute Gasteiger partial charge is 0.493 e. The van der Waals surface area contributed by atoms with Crippen molar-refractivity contribution >= 4 is 11.2 Å². The fourth-order valence-corrected chi connectivity index (χ4v) is 3.58. The molecule has 4 aromatic rings. The number of hydrogen-bond donors (Lipinski definition) is 1. The molecule has 0 saturated carbocycles. The van der Waals surface area contributed by atoms with E-state index in [0.717, 1.165) is 42.4 Å². The molecule has 0 unspecified atom stereocenters. The van der Waals surface area contributed by atoms with E-state index in [2.05, 4.69) is 21.9 Å². The highest BCUT2D eigenvalue weighted by Gasteiger charge is 2.16. The van der Waals surface area contributed by atoms with Crippen molar-refractivity contribution in [2.24, 2.45) is 0 Å². The summed E-state index contributed by atoms with van der Waals surface area (Å²) in [6.45, 7) is 3.16. The van der Waals surface area contributed by atoms with E-state index >= 15 is 0 Å². The van der Waals surface area contributed by atoms with E-state index in [0.29, 0.717) is 13.2 Å². The minimum absolute atomic E-state index is 0.0689. The Bertz CT molecular complexity index is 1280. The van der Waals surface area contributed by atoms with Gasteiger partial charge >= 0.3 is 0 Å². The number of nitrogens with one attached hydrogen (secondary N) is 1. The lowest BCUT2D eigenvalue weighted by atomic mass is 10.2. The topological polar surface area (TPSA) is 72.8 Å². The molecule has 0 saturated heterocycles. The number of aromatic nitrogens is 4. The molecule has 0 radical (unpaired) electrons. The van der Waals surface area contributed by atoms with Crippen molar-refractivity contribution < 1.29 is 13.5 Å². The molecule has 0 fully saturated rings. The molecule has 2 aromatic carbocycles. The molecule has 166 valence electrons. The second-order valence-corrected chi connectivity index (χ2v) is 7.60. The first-order valence-corrected chi connectivity index (χ1v) is 10.7. The number of nitrogens with zero attached hydrogens (tertiary/aromatic N) is 3. The summed E-state index contributed by atoms with van der Waals surface area (Å²) in [5.74, 6) is -0.617. The highest BCUT2D eigenvalue weighted by atomic mass is 19.1. The maximum absolute atomic E-state index is 14.1. The SMILES string of the molecule is CCCCCCOc1ccccc1Cn1cnc2nc(-c3cc(F)ccc3F)[nH]c(=O)c21. The van der Waals surface area contributed by atoms with E-state index in [4.69, 9.17) is 4.74 Å². The Kier molecular flexibility index (Phi) is 6.58. The van der Waals surface area contributed by atoms with E-state index in [9.17, 15) is 13.6 Å². The third kappa shape index (κ3) is 4.69. The van der Waals surface area contributed by atoms with Crippen LogP contribution in [0.5, 0.6) is 5.75 Å². The van der Waals surface area contributed by atoms with Crippen LogP contribution in [0.15, 0.2) is 53.6 Å². The Morgan fingerprint density at radius 1 is 1.09 bits per heavy atom. The van der Waals surface area contributed by atoms with Gasteiger partial charge in [0.15, 0.2) is 11.2 Å². The predicted molar refractivity (Wildman–Crippen MR) is 119 cm³/mol. The van der Waals surface area contributed by atoms with Gasteiger partial charge in [-0.05, 0) is 30.7 Å². The zero-order chi connectivity index (χ0) is 22.5. The van der Waals surface area contributed by atoms with E-state index in [-0.39, 0.29) is 22.6 Å². The van der Waals surface area contributed by atoms with Crippen molar-refractivity contribution in [2.75, 3.05) is 6.61 Å². The molecule has 1 N–H and O–H groups in total. The first-order chi connectivity index (χ1) is 15.6. The zero-order valence-electron chi connectivity index (χ0n) is 17.8. The lowest BCUT2D eigenvalue weighted by molar-refractivity contribution is 0.301. The van der Waals surface area contributed by atoms with Gasteiger partial charge < -0.3 is 14.3 Å². The smallest absolute Gasteiger partial charge is 0.277 e. The molecular weight excluding hydrogens is 414 g/mol. The molecule has 2 aromatic heterocycles. The molecular formula is C24H24F2N4O2. The normalized spacial score (nSPS) is 11.2. The van der Waals surface area contributed by atoms with Crippen LogP contribution in [-0.2, 0) is 6.54 Å². The molecule has 0 aliphatic rings. The minimum Gasteiger partial charge on any atom is -0.493 e. The summed E-state index contributed by atoms with van der Waals surface area (Å²) in [5.41, 5.74) is 0.708. The molecule has 6 nitrogen and oxygen atoms in total. The molecule has 0 bridgehead atoms. The van der Waals surface area contributed by atoms with Crippen LogP contribution in [-0.4, -0.2) is 26.1 Å². The average molecular weight is 438 g/mol. The van der Waals surface area contributed by atoms with Gasteiger partial charge in [0.2, 0.25) is 0 Å².